The number of aromatic nitrogens is 5. The Hall–Kier alpha value is -2.00. The van der Waals surface area contributed by atoms with Gasteiger partial charge in [0, 0.05) is 20.0 Å². The summed E-state index contributed by atoms with van der Waals surface area (Å²) in [7, 11) is 0. The molecule has 112 valence electrons. The van der Waals surface area contributed by atoms with Crippen molar-refractivity contribution < 1.29 is 9.26 Å². The van der Waals surface area contributed by atoms with Gasteiger partial charge in [-0.3, -0.25) is 0 Å². The normalized spacial score (nSPS) is 15.2. The Kier molecular flexibility index (Phi) is 4.11. The van der Waals surface area contributed by atoms with Crippen LogP contribution in [0.1, 0.15) is 11.7 Å². The third-order valence-electron chi connectivity index (χ3n) is 2.86. The molecule has 0 aliphatic carbocycles. The van der Waals surface area contributed by atoms with Crippen LogP contribution in [0.3, 0.4) is 0 Å². The van der Waals surface area contributed by atoms with Gasteiger partial charge in [-0.15, -0.1) is 0 Å². The van der Waals surface area contributed by atoms with E-state index in [0.717, 1.165) is 13.1 Å². The summed E-state index contributed by atoms with van der Waals surface area (Å²) in [6, 6.07) is 0. The molecule has 1 fully saturated rings. The minimum Gasteiger partial charge on any atom is -0.378 e. The Labute approximate surface area is 125 Å². The van der Waals surface area contributed by atoms with Gasteiger partial charge in [0.25, 0.3) is 0 Å². The molecule has 1 aliphatic heterocycles. The lowest BCUT2D eigenvalue weighted by Crippen LogP contribution is -2.37. The number of aryl methyl sites for hydroxylation is 1. The molecule has 3 heterocycles. The zero-order chi connectivity index (χ0) is 14.7. The SMILES string of the molecule is Cc1nc(CNc2nc(Cl)nc(N3CCOCC3)n2)no1. The van der Waals surface area contributed by atoms with E-state index in [1.807, 2.05) is 4.90 Å². The minimum absolute atomic E-state index is 0.137. The van der Waals surface area contributed by atoms with Crippen LogP contribution < -0.4 is 10.2 Å². The largest absolute Gasteiger partial charge is 0.378 e. The second-order valence-corrected chi connectivity index (χ2v) is 4.75. The first kappa shape index (κ1) is 14.0. The van der Waals surface area contributed by atoms with E-state index in [1.165, 1.54) is 0 Å². The van der Waals surface area contributed by atoms with Gasteiger partial charge < -0.3 is 19.5 Å². The second-order valence-electron chi connectivity index (χ2n) is 4.41. The molecule has 1 aliphatic rings. The van der Waals surface area contributed by atoms with E-state index < -0.39 is 0 Å². The fourth-order valence-corrected chi connectivity index (χ4v) is 2.05. The smallest absolute Gasteiger partial charge is 0.231 e. The van der Waals surface area contributed by atoms with E-state index in [2.05, 4.69) is 30.4 Å². The summed E-state index contributed by atoms with van der Waals surface area (Å²) in [5.41, 5.74) is 0. The van der Waals surface area contributed by atoms with Crippen LogP contribution in [0.15, 0.2) is 4.52 Å². The molecule has 0 unspecified atom stereocenters. The third-order valence-corrected chi connectivity index (χ3v) is 3.03. The molecule has 0 spiro atoms. The minimum atomic E-state index is 0.137. The first-order chi connectivity index (χ1) is 10.2. The van der Waals surface area contributed by atoms with Crippen molar-refractivity contribution in [3.8, 4) is 0 Å². The molecule has 3 rings (SSSR count). The summed E-state index contributed by atoms with van der Waals surface area (Å²) in [5.74, 6) is 1.94. The van der Waals surface area contributed by atoms with Crippen LogP contribution in [0.25, 0.3) is 0 Å². The van der Waals surface area contributed by atoms with Crippen LogP contribution in [0.5, 0.6) is 0 Å². The molecule has 10 heteroatoms. The molecule has 1 N–H and O–H groups in total. The van der Waals surface area contributed by atoms with Crippen molar-refractivity contribution in [1.82, 2.24) is 25.1 Å². The second kappa shape index (κ2) is 6.19. The number of rotatable bonds is 4. The zero-order valence-corrected chi connectivity index (χ0v) is 12.2. The highest BCUT2D eigenvalue weighted by Crippen LogP contribution is 2.15. The number of hydrogen-bond acceptors (Lipinski definition) is 9. The van der Waals surface area contributed by atoms with Gasteiger partial charge in [-0.25, -0.2) is 0 Å². The summed E-state index contributed by atoms with van der Waals surface area (Å²) < 4.78 is 10.2. The molecule has 2 aromatic heterocycles. The highest BCUT2D eigenvalue weighted by molar-refractivity contribution is 6.28. The summed E-state index contributed by atoms with van der Waals surface area (Å²) in [5, 5.41) is 6.93. The van der Waals surface area contributed by atoms with Gasteiger partial charge in [0.1, 0.15) is 0 Å². The number of nitrogens with zero attached hydrogens (tertiary/aromatic N) is 6. The number of anilines is 2. The van der Waals surface area contributed by atoms with E-state index in [9.17, 15) is 0 Å². The van der Waals surface area contributed by atoms with E-state index in [0.29, 0.717) is 43.4 Å². The topological polar surface area (TPSA) is 102 Å². The van der Waals surface area contributed by atoms with Crippen molar-refractivity contribution in [2.75, 3.05) is 36.5 Å². The number of halogens is 1. The lowest BCUT2D eigenvalue weighted by molar-refractivity contribution is 0.122. The quantitative estimate of drug-likeness (QED) is 0.872. The molecule has 0 atom stereocenters. The average molecular weight is 312 g/mol. The Morgan fingerprint density at radius 2 is 2.00 bits per heavy atom. The van der Waals surface area contributed by atoms with Crippen LogP contribution in [0.4, 0.5) is 11.9 Å². The Morgan fingerprint density at radius 3 is 2.71 bits per heavy atom. The predicted molar refractivity (Wildman–Crippen MR) is 74.2 cm³/mol. The molecule has 0 radical (unpaired) electrons. The number of ether oxygens (including phenoxy) is 1. The van der Waals surface area contributed by atoms with E-state index in [4.69, 9.17) is 20.9 Å². The third kappa shape index (κ3) is 3.56. The Bertz CT molecular complexity index is 614. The van der Waals surface area contributed by atoms with E-state index in [-0.39, 0.29) is 5.28 Å². The van der Waals surface area contributed by atoms with Crippen LogP contribution in [0.2, 0.25) is 5.28 Å². The standard InChI is InChI=1S/C11H14ClN7O2/c1-7-14-8(18-21-7)6-13-10-15-9(12)16-11(17-10)19-2-4-20-5-3-19/h2-6H2,1H3,(H,13,15,16,17). The number of morpholine rings is 1. The van der Waals surface area contributed by atoms with Crippen molar-refractivity contribution in [2.24, 2.45) is 0 Å². The monoisotopic (exact) mass is 311 g/mol. The molecule has 0 bridgehead atoms. The summed E-state index contributed by atoms with van der Waals surface area (Å²) in [6.45, 7) is 4.82. The van der Waals surface area contributed by atoms with Gasteiger partial charge in [-0.2, -0.15) is 19.9 Å². The molecule has 9 nitrogen and oxygen atoms in total. The van der Waals surface area contributed by atoms with E-state index >= 15 is 0 Å². The highest BCUT2D eigenvalue weighted by Gasteiger charge is 2.16. The fraction of sp³-hybridized carbons (Fsp3) is 0.545. The first-order valence-electron chi connectivity index (χ1n) is 6.48. The van der Waals surface area contributed by atoms with Crippen molar-refractivity contribution in [3.05, 3.63) is 17.0 Å². The summed E-state index contributed by atoms with van der Waals surface area (Å²) in [6.07, 6.45) is 0. The van der Waals surface area contributed by atoms with Gasteiger partial charge in [0.15, 0.2) is 5.82 Å². The molecule has 21 heavy (non-hydrogen) atoms. The zero-order valence-electron chi connectivity index (χ0n) is 11.4. The molecular formula is C11H14ClN7O2. The molecule has 0 saturated carbocycles. The molecular weight excluding hydrogens is 298 g/mol. The number of hydrogen-bond donors (Lipinski definition) is 1. The molecule has 1 saturated heterocycles. The van der Waals surface area contributed by atoms with Crippen molar-refractivity contribution in [1.29, 1.82) is 0 Å². The maximum Gasteiger partial charge on any atom is 0.231 e. The predicted octanol–water partition coefficient (Wildman–Crippen LogP) is 0.665. The van der Waals surface area contributed by atoms with Crippen LogP contribution in [-0.2, 0) is 11.3 Å². The summed E-state index contributed by atoms with van der Waals surface area (Å²) in [4.78, 5) is 18.6. The van der Waals surface area contributed by atoms with Gasteiger partial charge in [0.05, 0.1) is 19.8 Å². The lowest BCUT2D eigenvalue weighted by atomic mass is 10.4. The van der Waals surface area contributed by atoms with Crippen LogP contribution in [0, 0.1) is 6.92 Å². The molecule has 2 aromatic rings. The van der Waals surface area contributed by atoms with Gasteiger partial charge in [-0.05, 0) is 11.6 Å². The average Bonchev–Trinajstić information content (AvgIpc) is 2.91. The molecule has 0 aromatic carbocycles. The lowest BCUT2D eigenvalue weighted by Gasteiger charge is -2.26. The first-order valence-corrected chi connectivity index (χ1v) is 6.86. The van der Waals surface area contributed by atoms with E-state index in [1.54, 1.807) is 6.92 Å². The molecule has 0 amide bonds. The van der Waals surface area contributed by atoms with Crippen molar-refractivity contribution in [2.45, 2.75) is 13.5 Å². The number of nitrogens with one attached hydrogen (secondary N) is 1. The maximum absolute atomic E-state index is 5.95. The van der Waals surface area contributed by atoms with Crippen LogP contribution >= 0.6 is 11.6 Å². The maximum atomic E-state index is 5.95. The van der Waals surface area contributed by atoms with Gasteiger partial charge in [0.2, 0.25) is 23.1 Å². The van der Waals surface area contributed by atoms with Gasteiger partial charge >= 0.3 is 0 Å². The Balaban J connectivity index is 1.71. The summed E-state index contributed by atoms with van der Waals surface area (Å²) >= 11 is 5.95. The van der Waals surface area contributed by atoms with Crippen LogP contribution in [-0.4, -0.2) is 51.4 Å². The van der Waals surface area contributed by atoms with Crippen molar-refractivity contribution in [3.63, 3.8) is 0 Å². The fourth-order valence-electron chi connectivity index (χ4n) is 1.89. The Morgan fingerprint density at radius 1 is 1.19 bits per heavy atom. The van der Waals surface area contributed by atoms with Gasteiger partial charge in [-0.1, -0.05) is 5.16 Å². The van der Waals surface area contributed by atoms with Crippen molar-refractivity contribution >= 4 is 23.5 Å². The highest BCUT2D eigenvalue weighted by atomic mass is 35.5.